The van der Waals surface area contributed by atoms with Crippen LogP contribution in [-0.2, 0) is 0 Å². The lowest BCUT2D eigenvalue weighted by molar-refractivity contribution is 0.670. The number of nitrogens with zero attached hydrogens (tertiary/aromatic N) is 3. The fourth-order valence-electron chi connectivity index (χ4n) is 10.00. The van der Waals surface area contributed by atoms with Gasteiger partial charge in [-0.1, -0.05) is 218 Å². The summed E-state index contributed by atoms with van der Waals surface area (Å²) in [6, 6.07) is 88.1. The van der Waals surface area contributed by atoms with E-state index < -0.39 is 0 Å². The molecule has 0 aliphatic carbocycles. The highest BCUT2D eigenvalue weighted by molar-refractivity contribution is 6.12. The lowest BCUT2D eigenvalue weighted by Gasteiger charge is -2.15. The number of furan rings is 1. The lowest BCUT2D eigenvalue weighted by atomic mass is 9.88. The van der Waals surface area contributed by atoms with Gasteiger partial charge in [0, 0.05) is 38.2 Å². The molecular formula is C64H41N3O. The molecule has 0 fully saturated rings. The second-order valence-corrected chi connectivity index (χ2v) is 17.3. The van der Waals surface area contributed by atoms with E-state index >= 15 is 0 Å². The van der Waals surface area contributed by atoms with Gasteiger partial charge in [0.05, 0.1) is 22.4 Å². The summed E-state index contributed by atoms with van der Waals surface area (Å²) in [5.41, 5.74) is 19.0. The van der Waals surface area contributed by atoms with Crippen molar-refractivity contribution in [2.75, 3.05) is 0 Å². The molecule has 13 aromatic rings. The van der Waals surface area contributed by atoms with Gasteiger partial charge in [-0.05, 0) is 80.4 Å². The molecule has 0 bridgehead atoms. The van der Waals surface area contributed by atoms with Crippen molar-refractivity contribution in [1.82, 2.24) is 14.5 Å². The maximum Gasteiger partial charge on any atom is 0.235 e. The van der Waals surface area contributed by atoms with Crippen molar-refractivity contribution in [3.8, 4) is 84.1 Å². The van der Waals surface area contributed by atoms with E-state index in [2.05, 4.69) is 241 Å². The minimum atomic E-state index is 0.616. The largest absolute Gasteiger partial charge is 0.455 e. The van der Waals surface area contributed by atoms with E-state index in [0.29, 0.717) is 5.95 Å². The summed E-state index contributed by atoms with van der Waals surface area (Å²) in [6.45, 7) is 0. The van der Waals surface area contributed by atoms with Gasteiger partial charge in [0.1, 0.15) is 11.2 Å². The van der Waals surface area contributed by atoms with Gasteiger partial charge in [-0.25, -0.2) is 9.97 Å². The minimum Gasteiger partial charge on any atom is -0.455 e. The van der Waals surface area contributed by atoms with Crippen LogP contribution in [-0.4, -0.2) is 14.5 Å². The Morgan fingerprint density at radius 2 is 0.721 bits per heavy atom. The molecule has 0 spiro atoms. The first kappa shape index (κ1) is 39.3. The zero-order chi connectivity index (χ0) is 45.0. The van der Waals surface area contributed by atoms with Crippen molar-refractivity contribution >= 4 is 43.7 Å². The average molecular weight is 868 g/mol. The number of para-hydroxylation sites is 3. The summed E-state index contributed by atoms with van der Waals surface area (Å²) in [5, 5.41) is 4.50. The van der Waals surface area contributed by atoms with Gasteiger partial charge in [0.15, 0.2) is 0 Å². The molecule has 4 nitrogen and oxygen atoms in total. The van der Waals surface area contributed by atoms with Gasteiger partial charge in [0.2, 0.25) is 5.95 Å². The second kappa shape index (κ2) is 16.4. The fraction of sp³-hybridized carbons (Fsp3) is 0. The Hall–Kier alpha value is -9.12. The van der Waals surface area contributed by atoms with Crippen LogP contribution in [0.1, 0.15) is 0 Å². The molecule has 0 atom stereocenters. The first-order valence-corrected chi connectivity index (χ1v) is 23.1. The number of aromatic nitrogens is 3. The number of fused-ring (bicyclic) bond motifs is 6. The summed E-state index contributed by atoms with van der Waals surface area (Å²) < 4.78 is 8.80. The zero-order valence-electron chi connectivity index (χ0n) is 36.9. The normalized spacial score (nSPS) is 11.5. The van der Waals surface area contributed by atoms with Crippen molar-refractivity contribution in [2.24, 2.45) is 0 Å². The Bertz CT molecular complexity index is 3900. The highest BCUT2D eigenvalue weighted by Gasteiger charge is 2.21. The predicted octanol–water partition coefficient (Wildman–Crippen LogP) is 17.1. The van der Waals surface area contributed by atoms with Gasteiger partial charge >= 0.3 is 0 Å². The van der Waals surface area contributed by atoms with E-state index in [1.807, 2.05) is 12.1 Å². The molecule has 3 heterocycles. The van der Waals surface area contributed by atoms with Gasteiger partial charge in [-0.2, -0.15) is 0 Å². The monoisotopic (exact) mass is 867 g/mol. The van der Waals surface area contributed by atoms with Crippen LogP contribution in [0.25, 0.3) is 128 Å². The van der Waals surface area contributed by atoms with Gasteiger partial charge in [0.25, 0.3) is 0 Å². The first-order valence-electron chi connectivity index (χ1n) is 23.1. The number of benzene rings is 10. The van der Waals surface area contributed by atoms with Crippen molar-refractivity contribution < 1.29 is 4.42 Å². The van der Waals surface area contributed by atoms with E-state index in [-0.39, 0.29) is 0 Å². The van der Waals surface area contributed by atoms with Gasteiger partial charge in [-0.3, -0.25) is 4.57 Å². The van der Waals surface area contributed by atoms with Crippen LogP contribution in [0.4, 0.5) is 0 Å². The molecule has 13 rings (SSSR count). The molecule has 10 aromatic carbocycles. The standard InChI is InChI=1S/C64H41N3O/c1-3-16-42(17-4-1)44-30-34-46(35-31-44)58-41-59(47-36-32-45(33-37-47)43-18-5-2-6-19-43)66-64(65-58)67-60-28-13-11-24-53(60)57-40-48(38-39-61(57)67)49-20-7-8-21-50(49)51-22-9-10-23-52(51)55-26-15-27-56-54-25-12-14-29-62(54)68-63(55)56/h1-41H. The van der Waals surface area contributed by atoms with Crippen LogP contribution >= 0.6 is 0 Å². The summed E-state index contributed by atoms with van der Waals surface area (Å²) >= 11 is 0. The molecule has 0 N–H and O–H groups in total. The summed E-state index contributed by atoms with van der Waals surface area (Å²) in [6.07, 6.45) is 0. The van der Waals surface area contributed by atoms with Gasteiger partial charge < -0.3 is 4.42 Å². The Morgan fingerprint density at radius 3 is 1.37 bits per heavy atom. The molecule has 0 aliphatic rings. The van der Waals surface area contributed by atoms with Crippen LogP contribution in [0.5, 0.6) is 0 Å². The van der Waals surface area contributed by atoms with E-state index in [0.717, 1.165) is 111 Å². The molecule has 0 amide bonds. The van der Waals surface area contributed by atoms with Crippen molar-refractivity contribution in [2.45, 2.75) is 0 Å². The van der Waals surface area contributed by atoms with E-state index in [1.54, 1.807) is 0 Å². The van der Waals surface area contributed by atoms with Crippen molar-refractivity contribution in [1.29, 1.82) is 0 Å². The third-order valence-corrected chi connectivity index (χ3v) is 13.3. The Kier molecular flexibility index (Phi) is 9.47. The fourth-order valence-corrected chi connectivity index (χ4v) is 10.00. The van der Waals surface area contributed by atoms with Crippen LogP contribution < -0.4 is 0 Å². The zero-order valence-corrected chi connectivity index (χ0v) is 36.9. The first-order chi connectivity index (χ1) is 33.7. The van der Waals surface area contributed by atoms with E-state index in [9.17, 15) is 0 Å². The molecule has 0 aliphatic heterocycles. The molecule has 0 saturated heterocycles. The van der Waals surface area contributed by atoms with E-state index in [1.165, 1.54) is 11.1 Å². The Balaban J connectivity index is 0.956. The molecule has 0 saturated carbocycles. The second-order valence-electron chi connectivity index (χ2n) is 17.3. The summed E-state index contributed by atoms with van der Waals surface area (Å²) in [5.74, 6) is 0.616. The predicted molar refractivity (Wildman–Crippen MR) is 282 cm³/mol. The quantitative estimate of drug-likeness (QED) is 0.153. The Morgan fingerprint density at radius 1 is 0.279 bits per heavy atom. The SMILES string of the molecule is c1ccc(-c2ccc(-c3cc(-c4ccc(-c5ccccc5)cc4)nc(-n4c5ccccc5c5cc(-c6ccccc6-c6ccccc6-c6cccc7c6oc6ccccc67)ccc54)n3)cc2)cc1. The smallest absolute Gasteiger partial charge is 0.235 e. The molecule has 3 aromatic heterocycles. The number of rotatable bonds is 8. The van der Waals surface area contributed by atoms with Gasteiger partial charge in [-0.15, -0.1) is 0 Å². The highest BCUT2D eigenvalue weighted by atomic mass is 16.3. The number of hydrogen-bond acceptors (Lipinski definition) is 3. The average Bonchev–Trinajstić information content (AvgIpc) is 3.97. The van der Waals surface area contributed by atoms with Crippen LogP contribution in [0, 0.1) is 0 Å². The summed E-state index contributed by atoms with van der Waals surface area (Å²) in [4.78, 5) is 10.8. The van der Waals surface area contributed by atoms with E-state index in [4.69, 9.17) is 14.4 Å². The molecule has 0 radical (unpaired) electrons. The summed E-state index contributed by atoms with van der Waals surface area (Å²) in [7, 11) is 0. The van der Waals surface area contributed by atoms with Crippen LogP contribution in [0.2, 0.25) is 0 Å². The van der Waals surface area contributed by atoms with Crippen molar-refractivity contribution in [3.63, 3.8) is 0 Å². The van der Waals surface area contributed by atoms with Crippen LogP contribution in [0.3, 0.4) is 0 Å². The third-order valence-electron chi connectivity index (χ3n) is 13.3. The highest BCUT2D eigenvalue weighted by Crippen LogP contribution is 2.44. The molecular weight excluding hydrogens is 827 g/mol. The maximum absolute atomic E-state index is 6.57. The minimum absolute atomic E-state index is 0.616. The van der Waals surface area contributed by atoms with Crippen LogP contribution in [0.15, 0.2) is 253 Å². The van der Waals surface area contributed by atoms with Crippen molar-refractivity contribution in [3.05, 3.63) is 249 Å². The molecule has 0 unspecified atom stereocenters. The molecule has 318 valence electrons. The topological polar surface area (TPSA) is 43.9 Å². The molecule has 68 heavy (non-hydrogen) atoms. The Labute approximate surface area is 393 Å². The number of hydrogen-bond donors (Lipinski definition) is 0. The maximum atomic E-state index is 6.57. The molecule has 4 heteroatoms. The third kappa shape index (κ3) is 6.78. The lowest BCUT2D eigenvalue weighted by Crippen LogP contribution is -2.04.